The molecule has 1 aromatic carbocycles. The summed E-state index contributed by atoms with van der Waals surface area (Å²) in [6.45, 7) is 0.921. The number of amides is 1. The van der Waals surface area contributed by atoms with E-state index in [-0.39, 0.29) is 23.4 Å². The third-order valence-electron chi connectivity index (χ3n) is 8.40. The summed E-state index contributed by atoms with van der Waals surface area (Å²) < 4.78 is 2.14. The van der Waals surface area contributed by atoms with Gasteiger partial charge in [-0.05, 0) is 67.3 Å². The molecule has 3 fully saturated rings. The van der Waals surface area contributed by atoms with Gasteiger partial charge in [-0.15, -0.1) is 11.3 Å². The number of aromatic carboxylic acids is 1. The van der Waals surface area contributed by atoms with Gasteiger partial charge in [-0.25, -0.2) is 14.1 Å². The van der Waals surface area contributed by atoms with Crippen LogP contribution in [0.4, 0.5) is 11.5 Å². The molecule has 0 spiro atoms. The minimum absolute atomic E-state index is 0.0401. The summed E-state index contributed by atoms with van der Waals surface area (Å²) >= 11 is 2.83. The molecule has 1 aliphatic heterocycles. The average molecular weight is 577 g/mol. The Hall–Kier alpha value is -2.88. The standard InChI is InChI=1S/C31H36N4O3S2/c36-29-20-34(40-24-15-16-28(32-18-24)33-23-13-7-8-14-23)19-26(21-9-3-1-4-10-21)35(29)25-17-27(39-30(25)31(37)38)22-11-5-2-6-12-22/h2,5-6,11-12,15-18,21,23,26H,1,3-4,7-10,13-14,19-20H2,(H,32,33)(H,37,38). The van der Waals surface area contributed by atoms with Crippen molar-refractivity contribution in [1.82, 2.24) is 9.29 Å². The number of hydrogen-bond donors (Lipinski definition) is 2. The zero-order valence-electron chi connectivity index (χ0n) is 22.6. The monoisotopic (exact) mass is 576 g/mol. The molecule has 210 valence electrons. The Bertz CT molecular complexity index is 1320. The van der Waals surface area contributed by atoms with E-state index in [2.05, 4.69) is 20.7 Å². The molecular formula is C31H36N4O3S2. The molecule has 1 saturated heterocycles. The lowest BCUT2D eigenvalue weighted by Gasteiger charge is -2.45. The molecule has 40 heavy (non-hydrogen) atoms. The van der Waals surface area contributed by atoms with Gasteiger partial charge in [0, 0.05) is 28.6 Å². The third-order valence-corrected chi connectivity index (χ3v) is 10.5. The quantitative estimate of drug-likeness (QED) is 0.275. The van der Waals surface area contributed by atoms with Crippen molar-refractivity contribution in [3.8, 4) is 10.4 Å². The molecule has 1 atom stereocenters. The number of carbonyl (C=O) groups is 2. The Kier molecular flexibility index (Phi) is 8.41. The summed E-state index contributed by atoms with van der Waals surface area (Å²) in [5.74, 6) is 0.234. The predicted octanol–water partition coefficient (Wildman–Crippen LogP) is 7.17. The highest BCUT2D eigenvalue weighted by Gasteiger charge is 2.41. The van der Waals surface area contributed by atoms with Crippen molar-refractivity contribution in [2.24, 2.45) is 5.92 Å². The van der Waals surface area contributed by atoms with Gasteiger partial charge in [-0.1, -0.05) is 62.4 Å². The highest BCUT2D eigenvalue weighted by Crippen LogP contribution is 2.42. The fourth-order valence-electron chi connectivity index (χ4n) is 6.43. The number of carboxylic acids is 1. The molecule has 2 aromatic heterocycles. The number of piperazine rings is 1. The van der Waals surface area contributed by atoms with Crippen LogP contribution in [0.3, 0.4) is 0 Å². The molecule has 3 heterocycles. The zero-order chi connectivity index (χ0) is 27.5. The number of anilines is 2. The number of thiophene rings is 1. The van der Waals surface area contributed by atoms with Crippen molar-refractivity contribution in [2.75, 3.05) is 23.3 Å². The van der Waals surface area contributed by atoms with Crippen molar-refractivity contribution < 1.29 is 14.7 Å². The predicted molar refractivity (Wildman–Crippen MR) is 162 cm³/mol. The normalized spacial score (nSPS) is 21.1. The fourth-order valence-corrected chi connectivity index (χ4v) is 8.36. The fraction of sp³-hybridized carbons (Fsp3) is 0.452. The molecule has 1 amide bonds. The first-order valence-electron chi connectivity index (χ1n) is 14.5. The summed E-state index contributed by atoms with van der Waals surface area (Å²) in [5, 5.41) is 13.7. The second kappa shape index (κ2) is 12.3. The molecule has 3 aromatic rings. The van der Waals surface area contributed by atoms with Crippen LogP contribution in [-0.2, 0) is 4.79 Å². The van der Waals surface area contributed by atoms with Crippen molar-refractivity contribution in [3.05, 3.63) is 59.6 Å². The third kappa shape index (κ3) is 6.06. The van der Waals surface area contributed by atoms with Crippen LogP contribution in [0.5, 0.6) is 0 Å². The number of nitrogens with zero attached hydrogens (tertiary/aromatic N) is 3. The summed E-state index contributed by atoms with van der Waals surface area (Å²) in [5.41, 5.74) is 1.51. The Morgan fingerprint density at radius 3 is 2.45 bits per heavy atom. The van der Waals surface area contributed by atoms with Gasteiger partial charge in [0.1, 0.15) is 10.7 Å². The lowest BCUT2D eigenvalue weighted by atomic mass is 9.82. The lowest BCUT2D eigenvalue weighted by molar-refractivity contribution is -0.121. The maximum Gasteiger partial charge on any atom is 0.348 e. The van der Waals surface area contributed by atoms with Crippen LogP contribution < -0.4 is 10.2 Å². The summed E-state index contributed by atoms with van der Waals surface area (Å²) in [4.78, 5) is 34.9. The van der Waals surface area contributed by atoms with Gasteiger partial charge in [-0.3, -0.25) is 4.79 Å². The Labute approximate surface area is 244 Å². The SMILES string of the molecule is O=C(O)c1sc(-c2ccccc2)cc1N1C(=O)CN(Sc2ccc(NC3CCCC3)nc2)CC1C1CCCCC1. The van der Waals surface area contributed by atoms with E-state index < -0.39 is 5.97 Å². The van der Waals surface area contributed by atoms with Gasteiger partial charge < -0.3 is 15.3 Å². The van der Waals surface area contributed by atoms with E-state index in [1.807, 2.05) is 53.6 Å². The number of hydrogen-bond acceptors (Lipinski definition) is 7. The molecular weight excluding hydrogens is 541 g/mol. The van der Waals surface area contributed by atoms with Crippen molar-refractivity contribution >= 4 is 46.7 Å². The van der Waals surface area contributed by atoms with Gasteiger partial charge >= 0.3 is 5.97 Å². The van der Waals surface area contributed by atoms with Crippen molar-refractivity contribution in [1.29, 1.82) is 0 Å². The van der Waals surface area contributed by atoms with E-state index in [1.54, 1.807) is 11.9 Å². The number of rotatable bonds is 8. The van der Waals surface area contributed by atoms with E-state index in [0.29, 0.717) is 24.2 Å². The van der Waals surface area contributed by atoms with Gasteiger partial charge in [0.25, 0.3) is 0 Å². The summed E-state index contributed by atoms with van der Waals surface area (Å²) in [7, 11) is 0. The molecule has 7 nitrogen and oxygen atoms in total. The number of pyridine rings is 1. The smallest absolute Gasteiger partial charge is 0.348 e. The van der Waals surface area contributed by atoms with Gasteiger partial charge in [0.05, 0.1) is 18.3 Å². The minimum Gasteiger partial charge on any atom is -0.477 e. The van der Waals surface area contributed by atoms with Crippen LogP contribution in [0.2, 0.25) is 0 Å². The van der Waals surface area contributed by atoms with Crippen LogP contribution in [0.25, 0.3) is 10.4 Å². The molecule has 2 saturated carbocycles. The molecule has 1 unspecified atom stereocenters. The zero-order valence-corrected chi connectivity index (χ0v) is 24.3. The van der Waals surface area contributed by atoms with Crippen LogP contribution >= 0.6 is 23.3 Å². The second-order valence-electron chi connectivity index (χ2n) is 11.1. The second-order valence-corrected chi connectivity index (χ2v) is 13.4. The highest BCUT2D eigenvalue weighted by molar-refractivity contribution is 7.97. The molecule has 6 rings (SSSR count). The first-order valence-corrected chi connectivity index (χ1v) is 16.0. The van der Waals surface area contributed by atoms with E-state index in [4.69, 9.17) is 0 Å². The highest BCUT2D eigenvalue weighted by atomic mass is 32.2. The molecule has 9 heteroatoms. The Morgan fingerprint density at radius 1 is 1.00 bits per heavy atom. The van der Waals surface area contributed by atoms with Gasteiger partial charge in [-0.2, -0.15) is 0 Å². The lowest BCUT2D eigenvalue weighted by Crippen LogP contribution is -2.58. The maximum atomic E-state index is 13.9. The maximum absolute atomic E-state index is 13.9. The van der Waals surface area contributed by atoms with E-state index in [0.717, 1.165) is 46.8 Å². The number of aromatic nitrogens is 1. The van der Waals surface area contributed by atoms with Crippen LogP contribution in [0, 0.1) is 5.92 Å². The largest absolute Gasteiger partial charge is 0.477 e. The number of carbonyl (C=O) groups excluding carboxylic acids is 1. The first kappa shape index (κ1) is 27.3. The minimum atomic E-state index is -0.980. The molecule has 0 radical (unpaired) electrons. The van der Waals surface area contributed by atoms with Crippen molar-refractivity contribution in [2.45, 2.75) is 74.8 Å². The molecule has 3 aliphatic rings. The topological polar surface area (TPSA) is 85.8 Å². The Morgan fingerprint density at radius 2 is 1.75 bits per heavy atom. The van der Waals surface area contributed by atoms with E-state index in [1.165, 1.54) is 43.4 Å². The first-order chi connectivity index (χ1) is 19.5. The van der Waals surface area contributed by atoms with E-state index >= 15 is 0 Å². The molecule has 2 N–H and O–H groups in total. The number of carboxylic acid groups (broad SMARTS) is 1. The average Bonchev–Trinajstić information content (AvgIpc) is 3.65. The van der Waals surface area contributed by atoms with Crippen LogP contribution in [0.15, 0.2) is 59.6 Å². The molecule has 0 bridgehead atoms. The number of nitrogens with one attached hydrogen (secondary N) is 1. The van der Waals surface area contributed by atoms with Crippen molar-refractivity contribution in [3.63, 3.8) is 0 Å². The van der Waals surface area contributed by atoms with Gasteiger partial charge in [0.15, 0.2) is 0 Å². The van der Waals surface area contributed by atoms with E-state index in [9.17, 15) is 14.7 Å². The van der Waals surface area contributed by atoms with Gasteiger partial charge in [0.2, 0.25) is 5.91 Å². The molecule has 2 aliphatic carbocycles. The van der Waals surface area contributed by atoms with Crippen LogP contribution in [0.1, 0.15) is 67.5 Å². The van der Waals surface area contributed by atoms with Crippen LogP contribution in [-0.4, -0.2) is 51.4 Å². The summed E-state index contributed by atoms with van der Waals surface area (Å²) in [6, 6.07) is 16.3. The Balaban J connectivity index is 1.24. The summed E-state index contributed by atoms with van der Waals surface area (Å²) in [6.07, 6.45) is 12.5. The number of benzene rings is 1.